The summed E-state index contributed by atoms with van der Waals surface area (Å²) in [6.07, 6.45) is 3.96. The largest absolute Gasteiger partial charge is 0.309 e. The van der Waals surface area contributed by atoms with Gasteiger partial charge in [-0.15, -0.1) is 11.8 Å². The van der Waals surface area contributed by atoms with E-state index in [4.69, 9.17) is 0 Å². The number of halogens is 1. The van der Waals surface area contributed by atoms with Crippen molar-refractivity contribution in [3.8, 4) is 0 Å². The predicted molar refractivity (Wildman–Crippen MR) is 87.1 cm³/mol. The molecule has 0 spiro atoms. The number of nitrogens with one attached hydrogen (secondary N) is 1. The zero-order valence-corrected chi connectivity index (χ0v) is 13.3. The summed E-state index contributed by atoms with van der Waals surface area (Å²) in [5, 5.41) is 3.42. The van der Waals surface area contributed by atoms with Gasteiger partial charge in [0.1, 0.15) is 5.82 Å². The molecule has 0 bridgehead atoms. The SMILES string of the molecule is CCCNC(CSc1cccc(C)c1)c1ccncc1F. The molecule has 0 fully saturated rings. The number of pyridine rings is 1. The maximum absolute atomic E-state index is 13.9. The van der Waals surface area contributed by atoms with E-state index in [1.807, 2.05) is 0 Å². The smallest absolute Gasteiger partial charge is 0.146 e. The van der Waals surface area contributed by atoms with Crippen LogP contribution >= 0.6 is 11.8 Å². The van der Waals surface area contributed by atoms with Gasteiger partial charge in [-0.1, -0.05) is 24.6 Å². The van der Waals surface area contributed by atoms with Gasteiger partial charge in [-0.05, 0) is 38.1 Å². The average Bonchev–Trinajstić information content (AvgIpc) is 2.48. The van der Waals surface area contributed by atoms with E-state index in [2.05, 4.69) is 48.4 Å². The monoisotopic (exact) mass is 304 g/mol. The number of hydrogen-bond acceptors (Lipinski definition) is 3. The van der Waals surface area contributed by atoms with Crippen LogP contribution in [0.15, 0.2) is 47.6 Å². The van der Waals surface area contributed by atoms with Gasteiger partial charge in [0.15, 0.2) is 0 Å². The Bertz CT molecular complexity index is 574. The van der Waals surface area contributed by atoms with Crippen molar-refractivity contribution in [1.82, 2.24) is 10.3 Å². The Labute approximate surface area is 130 Å². The molecule has 1 atom stereocenters. The number of aromatic nitrogens is 1. The second kappa shape index (κ2) is 8.15. The van der Waals surface area contributed by atoms with Crippen LogP contribution in [-0.4, -0.2) is 17.3 Å². The van der Waals surface area contributed by atoms with E-state index < -0.39 is 0 Å². The fraction of sp³-hybridized carbons (Fsp3) is 0.353. The minimum Gasteiger partial charge on any atom is -0.309 e. The lowest BCUT2D eigenvalue weighted by Crippen LogP contribution is -2.25. The highest BCUT2D eigenvalue weighted by Crippen LogP contribution is 2.26. The van der Waals surface area contributed by atoms with Gasteiger partial charge in [-0.25, -0.2) is 4.39 Å². The Morgan fingerprint density at radius 2 is 2.19 bits per heavy atom. The normalized spacial score (nSPS) is 12.3. The number of rotatable bonds is 7. The fourth-order valence-electron chi connectivity index (χ4n) is 2.13. The summed E-state index contributed by atoms with van der Waals surface area (Å²) in [4.78, 5) is 5.04. The van der Waals surface area contributed by atoms with Crippen LogP contribution in [0, 0.1) is 12.7 Å². The lowest BCUT2D eigenvalue weighted by molar-refractivity contribution is 0.529. The van der Waals surface area contributed by atoms with E-state index in [1.165, 1.54) is 16.7 Å². The molecule has 2 aromatic rings. The van der Waals surface area contributed by atoms with Crippen molar-refractivity contribution in [3.05, 3.63) is 59.7 Å². The topological polar surface area (TPSA) is 24.9 Å². The Hall–Kier alpha value is -1.39. The molecule has 0 aliphatic rings. The second-order valence-electron chi connectivity index (χ2n) is 5.03. The van der Waals surface area contributed by atoms with Crippen LogP contribution in [0.3, 0.4) is 0 Å². The summed E-state index contributed by atoms with van der Waals surface area (Å²) in [6, 6.07) is 10.2. The zero-order chi connectivity index (χ0) is 15.1. The van der Waals surface area contributed by atoms with Crippen LogP contribution in [0.25, 0.3) is 0 Å². The van der Waals surface area contributed by atoms with Crippen LogP contribution in [-0.2, 0) is 0 Å². The van der Waals surface area contributed by atoms with Gasteiger partial charge < -0.3 is 5.32 Å². The average molecular weight is 304 g/mol. The molecule has 112 valence electrons. The molecule has 0 saturated heterocycles. The quantitative estimate of drug-likeness (QED) is 0.769. The van der Waals surface area contributed by atoms with Crippen LogP contribution in [0.5, 0.6) is 0 Å². The minimum atomic E-state index is -0.240. The van der Waals surface area contributed by atoms with Crippen molar-refractivity contribution in [2.75, 3.05) is 12.3 Å². The molecule has 0 saturated carbocycles. The summed E-state index contributed by atoms with van der Waals surface area (Å²) < 4.78 is 13.9. The number of hydrogen-bond donors (Lipinski definition) is 1. The standard InChI is InChI=1S/C17H21FN2S/c1-3-8-20-17(15-7-9-19-11-16(15)18)12-21-14-6-4-5-13(2)10-14/h4-7,9-11,17,20H,3,8,12H2,1-2H3. The van der Waals surface area contributed by atoms with Crippen LogP contribution in [0.2, 0.25) is 0 Å². The minimum absolute atomic E-state index is 0.00142. The van der Waals surface area contributed by atoms with Crippen molar-refractivity contribution in [2.24, 2.45) is 0 Å². The maximum Gasteiger partial charge on any atom is 0.146 e. The van der Waals surface area contributed by atoms with Gasteiger partial charge in [0.2, 0.25) is 0 Å². The Balaban J connectivity index is 2.08. The highest BCUT2D eigenvalue weighted by atomic mass is 32.2. The third-order valence-electron chi connectivity index (χ3n) is 3.23. The molecule has 2 rings (SSSR count). The molecular formula is C17H21FN2S. The number of thioether (sulfide) groups is 1. The van der Waals surface area contributed by atoms with Gasteiger partial charge in [-0.3, -0.25) is 4.98 Å². The third-order valence-corrected chi connectivity index (χ3v) is 4.31. The summed E-state index contributed by atoms with van der Waals surface area (Å²) >= 11 is 1.75. The van der Waals surface area contributed by atoms with Gasteiger partial charge in [0.05, 0.1) is 6.20 Å². The molecule has 4 heteroatoms. The van der Waals surface area contributed by atoms with Crippen LogP contribution < -0.4 is 5.32 Å². The van der Waals surface area contributed by atoms with Crippen molar-refractivity contribution in [3.63, 3.8) is 0 Å². The number of benzene rings is 1. The first kappa shape index (κ1) is 16.0. The van der Waals surface area contributed by atoms with E-state index in [0.717, 1.165) is 18.7 Å². The van der Waals surface area contributed by atoms with Crippen LogP contribution in [0.4, 0.5) is 4.39 Å². The Morgan fingerprint density at radius 1 is 1.33 bits per heavy atom. The first-order chi connectivity index (χ1) is 10.2. The first-order valence-electron chi connectivity index (χ1n) is 7.23. The number of aryl methyl sites for hydroxylation is 1. The molecule has 1 heterocycles. The molecule has 1 aromatic heterocycles. The van der Waals surface area contributed by atoms with E-state index >= 15 is 0 Å². The van der Waals surface area contributed by atoms with Crippen molar-refractivity contribution in [1.29, 1.82) is 0 Å². The lowest BCUT2D eigenvalue weighted by Gasteiger charge is -2.19. The Morgan fingerprint density at radius 3 is 2.90 bits per heavy atom. The van der Waals surface area contributed by atoms with E-state index in [0.29, 0.717) is 5.56 Å². The van der Waals surface area contributed by atoms with E-state index in [1.54, 1.807) is 24.0 Å². The van der Waals surface area contributed by atoms with Gasteiger partial charge >= 0.3 is 0 Å². The van der Waals surface area contributed by atoms with Crippen LogP contribution in [0.1, 0.15) is 30.5 Å². The second-order valence-corrected chi connectivity index (χ2v) is 6.12. The summed E-state index contributed by atoms with van der Waals surface area (Å²) in [6.45, 7) is 5.07. The summed E-state index contributed by atoms with van der Waals surface area (Å²) in [5.74, 6) is 0.556. The molecule has 21 heavy (non-hydrogen) atoms. The molecule has 0 aliphatic heterocycles. The first-order valence-corrected chi connectivity index (χ1v) is 8.21. The molecule has 1 unspecified atom stereocenters. The van der Waals surface area contributed by atoms with Crippen molar-refractivity contribution < 1.29 is 4.39 Å². The maximum atomic E-state index is 13.9. The van der Waals surface area contributed by atoms with Crippen molar-refractivity contribution >= 4 is 11.8 Å². The number of nitrogens with zero attached hydrogens (tertiary/aromatic N) is 1. The fourth-order valence-corrected chi connectivity index (χ4v) is 3.23. The lowest BCUT2D eigenvalue weighted by atomic mass is 10.1. The van der Waals surface area contributed by atoms with Gasteiger partial charge in [-0.2, -0.15) is 0 Å². The van der Waals surface area contributed by atoms with E-state index in [-0.39, 0.29) is 11.9 Å². The Kier molecular flexibility index (Phi) is 6.21. The summed E-state index contributed by atoms with van der Waals surface area (Å²) in [5.41, 5.74) is 1.94. The highest BCUT2D eigenvalue weighted by Gasteiger charge is 2.15. The molecule has 1 N–H and O–H groups in total. The molecule has 2 nitrogen and oxygen atoms in total. The highest BCUT2D eigenvalue weighted by molar-refractivity contribution is 7.99. The zero-order valence-electron chi connectivity index (χ0n) is 12.5. The molecule has 0 radical (unpaired) electrons. The van der Waals surface area contributed by atoms with Crippen molar-refractivity contribution in [2.45, 2.75) is 31.2 Å². The predicted octanol–water partition coefficient (Wildman–Crippen LogP) is 4.36. The molecular weight excluding hydrogens is 283 g/mol. The molecule has 0 aliphatic carbocycles. The molecule has 0 amide bonds. The molecule has 1 aromatic carbocycles. The van der Waals surface area contributed by atoms with Gasteiger partial charge in [0, 0.05) is 28.5 Å². The summed E-state index contributed by atoms with van der Waals surface area (Å²) in [7, 11) is 0. The van der Waals surface area contributed by atoms with E-state index in [9.17, 15) is 4.39 Å². The third kappa shape index (κ3) is 4.83. The van der Waals surface area contributed by atoms with Gasteiger partial charge in [0.25, 0.3) is 0 Å².